The van der Waals surface area contributed by atoms with E-state index < -0.39 is 5.92 Å². The lowest BCUT2D eigenvalue weighted by atomic mass is 9.96. The largest absolute Gasteiger partial charge is 0.339 e. The van der Waals surface area contributed by atoms with Crippen molar-refractivity contribution in [2.45, 2.75) is 25.7 Å². The number of hydrogen-bond donors (Lipinski definition) is 2. The van der Waals surface area contributed by atoms with Crippen molar-refractivity contribution in [1.29, 1.82) is 5.26 Å². The summed E-state index contributed by atoms with van der Waals surface area (Å²) in [7, 11) is 0. The zero-order valence-electron chi connectivity index (χ0n) is 19.6. The van der Waals surface area contributed by atoms with Crippen LogP contribution in [0.1, 0.15) is 41.3 Å². The van der Waals surface area contributed by atoms with Crippen LogP contribution in [-0.2, 0) is 4.79 Å². The Morgan fingerprint density at radius 3 is 2.43 bits per heavy atom. The first-order chi connectivity index (χ1) is 17.0. The zero-order valence-corrected chi connectivity index (χ0v) is 19.6. The summed E-state index contributed by atoms with van der Waals surface area (Å²) >= 11 is 0. The van der Waals surface area contributed by atoms with E-state index in [-0.39, 0.29) is 11.8 Å². The third kappa shape index (κ3) is 6.16. The molecule has 0 bridgehead atoms. The summed E-state index contributed by atoms with van der Waals surface area (Å²) in [6.07, 6.45) is 1.61. The summed E-state index contributed by atoms with van der Waals surface area (Å²) in [5.41, 5.74) is 3.41. The van der Waals surface area contributed by atoms with Crippen LogP contribution in [0.4, 0.5) is 5.82 Å². The van der Waals surface area contributed by atoms with E-state index in [2.05, 4.69) is 38.8 Å². The first-order valence-electron chi connectivity index (χ1n) is 11.4. The van der Waals surface area contributed by atoms with Crippen molar-refractivity contribution < 1.29 is 9.32 Å². The van der Waals surface area contributed by atoms with Crippen LogP contribution in [0.3, 0.4) is 0 Å². The number of amides is 1. The van der Waals surface area contributed by atoms with Crippen molar-refractivity contribution in [3.8, 4) is 17.5 Å². The van der Waals surface area contributed by atoms with Gasteiger partial charge in [0.05, 0.1) is 17.6 Å². The highest BCUT2D eigenvalue weighted by Crippen LogP contribution is 2.20. The second kappa shape index (κ2) is 11.2. The van der Waals surface area contributed by atoms with Crippen LogP contribution in [0.25, 0.3) is 11.4 Å². The molecule has 1 unspecified atom stereocenters. The van der Waals surface area contributed by atoms with E-state index in [0.717, 1.165) is 11.1 Å². The fourth-order valence-corrected chi connectivity index (χ4v) is 3.73. The molecule has 0 radical (unpaired) electrons. The molecule has 2 heterocycles. The summed E-state index contributed by atoms with van der Waals surface area (Å²) in [6, 6.07) is 22.9. The molecule has 0 saturated carbocycles. The average molecular weight is 467 g/mol. The van der Waals surface area contributed by atoms with Crippen LogP contribution >= 0.6 is 0 Å². The Morgan fingerprint density at radius 1 is 1.03 bits per heavy atom. The molecule has 8 heteroatoms. The van der Waals surface area contributed by atoms with Crippen LogP contribution in [0.5, 0.6) is 0 Å². The van der Waals surface area contributed by atoms with Gasteiger partial charge in [0.2, 0.25) is 17.6 Å². The maximum absolute atomic E-state index is 13.2. The minimum absolute atomic E-state index is 0.148. The van der Waals surface area contributed by atoms with E-state index in [1.165, 1.54) is 0 Å². The Balaban J connectivity index is 1.40. The zero-order chi connectivity index (χ0) is 24.6. The number of aryl methyl sites for hydroxylation is 1. The summed E-state index contributed by atoms with van der Waals surface area (Å²) in [6.45, 7) is 5.00. The number of benzene rings is 2. The fraction of sp³-hybridized carbons (Fsp3) is 0.222. The minimum Gasteiger partial charge on any atom is -0.339 e. The SMILES string of the molecule is Cc1nc(-c2ccc(NC(=O)C(CNC[C@@H](C)c3ccc(C#N)cc3)c3ccccc3)nc2)no1. The Labute approximate surface area is 204 Å². The molecule has 2 aromatic carbocycles. The minimum atomic E-state index is -0.398. The number of nitriles is 1. The smallest absolute Gasteiger partial charge is 0.234 e. The molecule has 35 heavy (non-hydrogen) atoms. The third-order valence-corrected chi connectivity index (χ3v) is 5.73. The third-order valence-electron chi connectivity index (χ3n) is 5.73. The number of hydrogen-bond acceptors (Lipinski definition) is 7. The molecule has 0 aliphatic carbocycles. The van der Waals surface area contributed by atoms with Gasteiger partial charge in [-0.05, 0) is 41.3 Å². The summed E-state index contributed by atoms with van der Waals surface area (Å²) in [5.74, 6) is 1.06. The van der Waals surface area contributed by atoms with E-state index in [0.29, 0.717) is 41.7 Å². The molecule has 0 saturated heterocycles. The lowest BCUT2D eigenvalue weighted by Gasteiger charge is -2.20. The number of carbonyl (C=O) groups is 1. The highest BCUT2D eigenvalue weighted by atomic mass is 16.5. The van der Waals surface area contributed by atoms with Gasteiger partial charge < -0.3 is 15.2 Å². The van der Waals surface area contributed by atoms with Crippen LogP contribution in [0.2, 0.25) is 0 Å². The fourth-order valence-electron chi connectivity index (χ4n) is 3.73. The maximum atomic E-state index is 13.2. The summed E-state index contributed by atoms with van der Waals surface area (Å²) < 4.78 is 5.01. The number of nitrogens with one attached hydrogen (secondary N) is 2. The molecule has 4 rings (SSSR count). The van der Waals surface area contributed by atoms with Crippen molar-refractivity contribution in [2.24, 2.45) is 0 Å². The standard InChI is InChI=1S/C27H26N6O2/c1-18(21-10-8-20(14-28)9-11-21)15-29-17-24(22-6-4-3-5-7-22)27(34)32-25-13-12-23(16-30-25)26-31-19(2)35-33-26/h3-13,16,18,24,29H,15,17H2,1-2H3,(H,30,32,34)/t18-,24?/m1/s1. The van der Waals surface area contributed by atoms with E-state index in [1.54, 1.807) is 25.3 Å². The molecule has 0 aliphatic rings. The lowest BCUT2D eigenvalue weighted by Crippen LogP contribution is -2.32. The van der Waals surface area contributed by atoms with Gasteiger partial charge in [0, 0.05) is 31.8 Å². The molecule has 2 atom stereocenters. The Bertz CT molecular complexity index is 1290. The highest BCUT2D eigenvalue weighted by Gasteiger charge is 2.21. The molecule has 0 fully saturated rings. The van der Waals surface area contributed by atoms with E-state index in [1.807, 2.05) is 54.6 Å². The summed E-state index contributed by atoms with van der Waals surface area (Å²) in [5, 5.41) is 19.2. The number of nitrogens with zero attached hydrogens (tertiary/aromatic N) is 4. The normalized spacial score (nSPS) is 12.5. The first kappa shape index (κ1) is 23.8. The molecule has 8 nitrogen and oxygen atoms in total. The van der Waals surface area contributed by atoms with Gasteiger partial charge in [-0.1, -0.05) is 54.5 Å². The molecule has 1 amide bonds. The maximum Gasteiger partial charge on any atom is 0.234 e. The molecule has 0 spiro atoms. The van der Waals surface area contributed by atoms with E-state index in [4.69, 9.17) is 9.78 Å². The molecule has 4 aromatic rings. The summed E-state index contributed by atoms with van der Waals surface area (Å²) in [4.78, 5) is 21.8. The molecular formula is C27H26N6O2. The molecule has 0 aliphatic heterocycles. The van der Waals surface area contributed by atoms with Crippen molar-refractivity contribution in [1.82, 2.24) is 20.4 Å². The van der Waals surface area contributed by atoms with Gasteiger partial charge in [-0.2, -0.15) is 10.2 Å². The van der Waals surface area contributed by atoms with Gasteiger partial charge in [-0.15, -0.1) is 0 Å². The van der Waals surface area contributed by atoms with Gasteiger partial charge in [-0.25, -0.2) is 4.98 Å². The van der Waals surface area contributed by atoms with E-state index >= 15 is 0 Å². The van der Waals surface area contributed by atoms with Crippen molar-refractivity contribution in [3.63, 3.8) is 0 Å². The second-order valence-electron chi connectivity index (χ2n) is 8.31. The van der Waals surface area contributed by atoms with Gasteiger partial charge in [0.1, 0.15) is 5.82 Å². The predicted molar refractivity (Wildman–Crippen MR) is 133 cm³/mol. The average Bonchev–Trinajstić information content (AvgIpc) is 3.33. The molecular weight excluding hydrogens is 440 g/mol. The van der Waals surface area contributed by atoms with Crippen LogP contribution < -0.4 is 10.6 Å². The second-order valence-corrected chi connectivity index (χ2v) is 8.31. The van der Waals surface area contributed by atoms with Gasteiger partial charge in [-0.3, -0.25) is 4.79 Å². The monoisotopic (exact) mass is 466 g/mol. The number of anilines is 1. The number of carbonyl (C=O) groups excluding carboxylic acids is 1. The number of rotatable bonds is 9. The van der Waals surface area contributed by atoms with Gasteiger partial charge >= 0.3 is 0 Å². The van der Waals surface area contributed by atoms with Crippen molar-refractivity contribution in [3.05, 3.63) is 95.5 Å². The van der Waals surface area contributed by atoms with Crippen LogP contribution in [0.15, 0.2) is 77.4 Å². The Morgan fingerprint density at radius 2 is 1.80 bits per heavy atom. The lowest BCUT2D eigenvalue weighted by molar-refractivity contribution is -0.117. The molecule has 176 valence electrons. The molecule has 2 aromatic heterocycles. The molecule has 2 N–H and O–H groups in total. The quantitative estimate of drug-likeness (QED) is 0.375. The van der Waals surface area contributed by atoms with Crippen molar-refractivity contribution >= 4 is 11.7 Å². The van der Waals surface area contributed by atoms with Crippen molar-refractivity contribution in [2.75, 3.05) is 18.4 Å². The predicted octanol–water partition coefficient (Wildman–Crippen LogP) is 4.43. The van der Waals surface area contributed by atoms with Crippen LogP contribution in [-0.4, -0.2) is 34.1 Å². The Kier molecular flexibility index (Phi) is 7.60. The highest BCUT2D eigenvalue weighted by molar-refractivity contribution is 5.95. The Hall–Kier alpha value is -4.35. The topological polar surface area (TPSA) is 117 Å². The number of pyridine rings is 1. The number of aromatic nitrogens is 3. The van der Waals surface area contributed by atoms with E-state index in [9.17, 15) is 4.79 Å². The van der Waals surface area contributed by atoms with Gasteiger partial charge in [0.15, 0.2) is 0 Å². The van der Waals surface area contributed by atoms with Crippen LogP contribution in [0, 0.1) is 18.3 Å². The first-order valence-corrected chi connectivity index (χ1v) is 11.4. The van der Waals surface area contributed by atoms with Gasteiger partial charge in [0.25, 0.3) is 0 Å².